The number of aromatic carboxylic acids is 1. The molecule has 2 aromatic rings. The molecule has 0 spiro atoms. The van der Waals surface area contributed by atoms with Crippen LogP contribution in [0.15, 0.2) is 18.2 Å². The maximum atomic E-state index is 11.0. The average Bonchev–Trinajstić information content (AvgIpc) is 3.00. The van der Waals surface area contributed by atoms with E-state index in [4.69, 9.17) is 16.7 Å². The first-order valence-corrected chi connectivity index (χ1v) is 5.46. The number of hydrogen-bond donors (Lipinski definition) is 1. The van der Waals surface area contributed by atoms with Crippen LogP contribution in [0.3, 0.4) is 0 Å². The lowest BCUT2D eigenvalue weighted by molar-refractivity contribution is 0.0699. The molecule has 0 unspecified atom stereocenters. The Morgan fingerprint density at radius 1 is 1.50 bits per heavy atom. The van der Waals surface area contributed by atoms with Gasteiger partial charge in [-0.3, -0.25) is 0 Å². The van der Waals surface area contributed by atoms with E-state index >= 15 is 0 Å². The summed E-state index contributed by atoms with van der Waals surface area (Å²) in [4.78, 5) is 15.2. The van der Waals surface area contributed by atoms with Crippen LogP contribution in [0.25, 0.3) is 11.0 Å². The molecule has 1 fully saturated rings. The third kappa shape index (κ3) is 1.30. The van der Waals surface area contributed by atoms with Crippen LogP contribution in [-0.2, 0) is 0 Å². The Kier molecular flexibility index (Phi) is 1.94. The zero-order chi connectivity index (χ0) is 11.3. The molecule has 16 heavy (non-hydrogen) atoms. The highest BCUT2D eigenvalue weighted by Crippen LogP contribution is 2.40. The molecule has 5 heteroatoms. The summed E-state index contributed by atoms with van der Waals surface area (Å²) in [6, 6.07) is 5.52. The average molecular weight is 237 g/mol. The largest absolute Gasteiger partial charge is 0.478 e. The molecule has 0 atom stereocenters. The highest BCUT2D eigenvalue weighted by molar-refractivity contribution is 6.29. The van der Waals surface area contributed by atoms with E-state index < -0.39 is 5.97 Å². The molecule has 1 N–H and O–H groups in total. The minimum Gasteiger partial charge on any atom is -0.478 e. The van der Waals surface area contributed by atoms with E-state index in [9.17, 15) is 4.79 Å². The maximum absolute atomic E-state index is 11.0. The van der Waals surface area contributed by atoms with Crippen molar-refractivity contribution in [2.75, 3.05) is 0 Å². The van der Waals surface area contributed by atoms with E-state index in [2.05, 4.69) is 4.98 Å². The molecular weight excluding hydrogens is 228 g/mol. The van der Waals surface area contributed by atoms with Crippen LogP contribution in [0, 0.1) is 0 Å². The number of imidazole rings is 1. The van der Waals surface area contributed by atoms with Crippen molar-refractivity contribution in [1.29, 1.82) is 0 Å². The molecule has 4 nitrogen and oxygen atoms in total. The van der Waals surface area contributed by atoms with Crippen LogP contribution in [0.4, 0.5) is 0 Å². The molecule has 0 aliphatic heterocycles. The van der Waals surface area contributed by atoms with Gasteiger partial charge in [-0.15, -0.1) is 0 Å². The highest BCUT2D eigenvalue weighted by atomic mass is 35.5. The molecule has 1 aromatic heterocycles. The van der Waals surface area contributed by atoms with Gasteiger partial charge in [-0.25, -0.2) is 9.78 Å². The van der Waals surface area contributed by atoms with Crippen molar-refractivity contribution in [3.63, 3.8) is 0 Å². The second-order valence-electron chi connectivity index (χ2n) is 3.96. The quantitative estimate of drug-likeness (QED) is 0.872. The summed E-state index contributed by atoms with van der Waals surface area (Å²) in [5.74, 6) is -0.970. The molecule has 1 aliphatic rings. The number of para-hydroxylation sites is 1. The highest BCUT2D eigenvalue weighted by Gasteiger charge is 2.28. The van der Waals surface area contributed by atoms with Crippen molar-refractivity contribution in [2.45, 2.75) is 18.9 Å². The number of nitrogens with zero attached hydrogens (tertiary/aromatic N) is 2. The minimum absolute atomic E-state index is 0.207. The molecule has 82 valence electrons. The van der Waals surface area contributed by atoms with Crippen LogP contribution in [0.5, 0.6) is 0 Å². The number of aromatic nitrogens is 2. The molecule has 0 amide bonds. The number of fused-ring (bicyclic) bond motifs is 1. The molecular formula is C11H9ClN2O2. The Morgan fingerprint density at radius 3 is 2.88 bits per heavy atom. The Balaban J connectivity index is 2.33. The Labute approximate surface area is 96.5 Å². The molecule has 0 radical (unpaired) electrons. The predicted molar refractivity (Wildman–Crippen MR) is 60.0 cm³/mol. The zero-order valence-corrected chi connectivity index (χ0v) is 9.11. The summed E-state index contributed by atoms with van der Waals surface area (Å²) in [5.41, 5.74) is 1.50. The van der Waals surface area contributed by atoms with Gasteiger partial charge in [0.2, 0.25) is 5.28 Å². The fraction of sp³-hybridized carbons (Fsp3) is 0.273. The zero-order valence-electron chi connectivity index (χ0n) is 8.35. The predicted octanol–water partition coefficient (Wildman–Crippen LogP) is 2.72. The van der Waals surface area contributed by atoms with Gasteiger partial charge < -0.3 is 9.67 Å². The van der Waals surface area contributed by atoms with E-state index in [0.717, 1.165) is 18.4 Å². The van der Waals surface area contributed by atoms with Gasteiger partial charge in [-0.2, -0.15) is 0 Å². The second-order valence-corrected chi connectivity index (χ2v) is 4.30. The summed E-state index contributed by atoms with van der Waals surface area (Å²) in [7, 11) is 0. The number of hydrogen-bond acceptors (Lipinski definition) is 2. The number of rotatable bonds is 2. The third-order valence-electron chi connectivity index (χ3n) is 2.82. The van der Waals surface area contributed by atoms with Gasteiger partial charge in [0.15, 0.2) is 0 Å². The lowest BCUT2D eigenvalue weighted by atomic mass is 10.2. The van der Waals surface area contributed by atoms with E-state index in [1.54, 1.807) is 12.1 Å². The van der Waals surface area contributed by atoms with Crippen LogP contribution in [-0.4, -0.2) is 20.6 Å². The fourth-order valence-corrected chi connectivity index (χ4v) is 2.25. The summed E-state index contributed by atoms with van der Waals surface area (Å²) < 4.78 is 1.92. The lowest BCUT2D eigenvalue weighted by Crippen LogP contribution is -1.98. The van der Waals surface area contributed by atoms with Gasteiger partial charge in [-0.1, -0.05) is 6.07 Å². The first-order valence-electron chi connectivity index (χ1n) is 5.08. The van der Waals surface area contributed by atoms with Crippen LogP contribution in [0.2, 0.25) is 5.28 Å². The lowest BCUT2D eigenvalue weighted by Gasteiger charge is -2.02. The topological polar surface area (TPSA) is 55.1 Å². The third-order valence-corrected chi connectivity index (χ3v) is 3.09. The number of carbonyl (C=O) groups is 1. The van der Waals surface area contributed by atoms with Gasteiger partial charge in [0.1, 0.15) is 5.52 Å². The summed E-state index contributed by atoms with van der Waals surface area (Å²) >= 11 is 6.04. The van der Waals surface area contributed by atoms with Gasteiger partial charge in [0, 0.05) is 6.04 Å². The number of carboxylic acid groups (broad SMARTS) is 1. The molecule has 0 bridgehead atoms. The van der Waals surface area contributed by atoms with Gasteiger partial charge in [0.05, 0.1) is 11.1 Å². The molecule has 1 aliphatic carbocycles. The normalized spacial score (nSPS) is 15.6. The maximum Gasteiger partial charge on any atom is 0.337 e. The first-order chi connectivity index (χ1) is 7.68. The van der Waals surface area contributed by atoms with Crippen molar-refractivity contribution in [1.82, 2.24) is 9.55 Å². The van der Waals surface area contributed by atoms with E-state index in [0.29, 0.717) is 16.8 Å². The van der Waals surface area contributed by atoms with Crippen molar-refractivity contribution in [2.24, 2.45) is 0 Å². The molecule has 3 rings (SSSR count). The summed E-state index contributed by atoms with van der Waals surface area (Å²) in [6.07, 6.45) is 2.17. The summed E-state index contributed by atoms with van der Waals surface area (Å²) in [6.45, 7) is 0. The molecule has 1 aromatic carbocycles. The summed E-state index contributed by atoms with van der Waals surface area (Å²) in [5, 5.41) is 9.43. The van der Waals surface area contributed by atoms with E-state index in [1.165, 1.54) is 0 Å². The second kappa shape index (κ2) is 3.22. The smallest absolute Gasteiger partial charge is 0.337 e. The molecule has 0 saturated heterocycles. The van der Waals surface area contributed by atoms with Gasteiger partial charge in [0.25, 0.3) is 0 Å². The SMILES string of the molecule is O=C(O)c1cccc2c1nc(Cl)n2C1CC1. The van der Waals surface area contributed by atoms with Crippen LogP contribution < -0.4 is 0 Å². The minimum atomic E-state index is -0.970. The van der Waals surface area contributed by atoms with Crippen LogP contribution in [0.1, 0.15) is 29.2 Å². The van der Waals surface area contributed by atoms with Crippen molar-refractivity contribution in [3.05, 3.63) is 29.0 Å². The van der Waals surface area contributed by atoms with Crippen molar-refractivity contribution >= 4 is 28.6 Å². The Bertz CT molecular complexity index is 587. The standard InChI is InChI=1S/C11H9ClN2O2/c12-11-13-9-7(10(15)16)2-1-3-8(9)14(11)6-4-5-6/h1-3,6H,4-5H2,(H,15,16). The van der Waals surface area contributed by atoms with Gasteiger partial charge >= 0.3 is 5.97 Å². The Hall–Kier alpha value is -1.55. The van der Waals surface area contributed by atoms with Crippen molar-refractivity contribution < 1.29 is 9.90 Å². The van der Waals surface area contributed by atoms with Crippen molar-refractivity contribution in [3.8, 4) is 0 Å². The molecule has 1 saturated carbocycles. The van der Waals surface area contributed by atoms with E-state index in [1.807, 2.05) is 10.6 Å². The van der Waals surface area contributed by atoms with Crippen LogP contribution >= 0.6 is 11.6 Å². The van der Waals surface area contributed by atoms with E-state index in [-0.39, 0.29) is 5.56 Å². The molecule has 1 heterocycles. The monoisotopic (exact) mass is 236 g/mol. The number of carboxylic acids is 1. The van der Waals surface area contributed by atoms with Gasteiger partial charge in [-0.05, 0) is 36.6 Å². The first kappa shape index (κ1) is 9.66. The number of halogens is 1. The Morgan fingerprint density at radius 2 is 2.25 bits per heavy atom. The number of benzene rings is 1. The fourth-order valence-electron chi connectivity index (χ4n) is 1.94.